The molecule has 1 nitrogen and oxygen atoms in total. The van der Waals surface area contributed by atoms with Crippen molar-refractivity contribution in [2.75, 3.05) is 11.6 Å². The number of hydrogen-bond acceptors (Lipinski definition) is 2. The van der Waals surface area contributed by atoms with Gasteiger partial charge in [-0.25, -0.2) is 4.39 Å². The van der Waals surface area contributed by atoms with Crippen LogP contribution in [0.15, 0.2) is 47.4 Å². The Labute approximate surface area is 115 Å². The van der Waals surface area contributed by atoms with Gasteiger partial charge in [-0.15, -0.1) is 11.8 Å². The first-order valence-electron chi connectivity index (χ1n) is 5.51. The van der Waals surface area contributed by atoms with Gasteiger partial charge in [-0.3, -0.25) is 0 Å². The van der Waals surface area contributed by atoms with Crippen LogP contribution in [0.1, 0.15) is 5.56 Å². The zero-order valence-corrected chi connectivity index (χ0v) is 11.5. The van der Waals surface area contributed by atoms with Crippen LogP contribution in [0.5, 0.6) is 0 Å². The fraction of sp³-hybridized carbons (Fsp3) is 0.143. The zero-order valence-electron chi connectivity index (χ0n) is 9.91. The van der Waals surface area contributed by atoms with Crippen molar-refractivity contribution in [3.05, 3.63) is 58.9 Å². The highest BCUT2D eigenvalue weighted by Gasteiger charge is 2.04. The fourth-order valence-corrected chi connectivity index (χ4v) is 2.42. The molecule has 18 heavy (non-hydrogen) atoms. The third-order valence-electron chi connectivity index (χ3n) is 2.58. The molecular weight excluding hydrogens is 269 g/mol. The molecule has 4 heteroatoms. The van der Waals surface area contributed by atoms with E-state index in [1.807, 2.05) is 30.5 Å². The van der Waals surface area contributed by atoms with Gasteiger partial charge in [0.05, 0.1) is 0 Å². The van der Waals surface area contributed by atoms with Crippen LogP contribution >= 0.6 is 23.4 Å². The van der Waals surface area contributed by atoms with Gasteiger partial charge in [0.1, 0.15) is 5.82 Å². The maximum atomic E-state index is 13.1. The van der Waals surface area contributed by atoms with Gasteiger partial charge < -0.3 is 5.32 Å². The molecule has 0 unspecified atom stereocenters. The third kappa shape index (κ3) is 3.18. The number of anilines is 1. The lowest BCUT2D eigenvalue weighted by molar-refractivity contribution is 0.626. The Kier molecular flexibility index (Phi) is 4.50. The Balaban J connectivity index is 2.14. The largest absolute Gasteiger partial charge is 0.380 e. The molecule has 0 aromatic heterocycles. The Morgan fingerprint density at radius 2 is 2.00 bits per heavy atom. The molecule has 0 spiro atoms. The lowest BCUT2D eigenvalue weighted by Gasteiger charge is -2.11. The third-order valence-corrected chi connectivity index (χ3v) is 3.75. The molecule has 0 radical (unpaired) electrons. The molecule has 0 atom stereocenters. The maximum Gasteiger partial charge on any atom is 0.123 e. The highest BCUT2D eigenvalue weighted by molar-refractivity contribution is 7.98. The number of nitrogens with one attached hydrogen (secondary N) is 1. The summed E-state index contributed by atoms with van der Waals surface area (Å²) in [7, 11) is 0. The first-order chi connectivity index (χ1) is 8.70. The molecule has 0 bridgehead atoms. The van der Waals surface area contributed by atoms with E-state index in [9.17, 15) is 4.39 Å². The van der Waals surface area contributed by atoms with Crippen molar-refractivity contribution < 1.29 is 4.39 Å². The van der Waals surface area contributed by atoms with Crippen LogP contribution in [0.3, 0.4) is 0 Å². The average Bonchev–Trinajstić information content (AvgIpc) is 2.40. The van der Waals surface area contributed by atoms with Crippen molar-refractivity contribution in [2.24, 2.45) is 0 Å². The second kappa shape index (κ2) is 6.12. The van der Waals surface area contributed by atoms with E-state index in [4.69, 9.17) is 11.6 Å². The fourth-order valence-electron chi connectivity index (χ4n) is 1.66. The quantitative estimate of drug-likeness (QED) is 0.807. The van der Waals surface area contributed by atoms with Crippen molar-refractivity contribution in [3.63, 3.8) is 0 Å². The van der Waals surface area contributed by atoms with Gasteiger partial charge in [-0.05, 0) is 42.2 Å². The molecule has 0 aliphatic carbocycles. The smallest absolute Gasteiger partial charge is 0.123 e. The van der Waals surface area contributed by atoms with Gasteiger partial charge in [-0.2, -0.15) is 0 Å². The van der Waals surface area contributed by atoms with Crippen LogP contribution in [0.25, 0.3) is 0 Å². The summed E-state index contributed by atoms with van der Waals surface area (Å²) >= 11 is 7.69. The molecule has 1 N–H and O–H groups in total. The molecule has 0 amide bonds. The molecule has 0 heterocycles. The highest BCUT2D eigenvalue weighted by atomic mass is 35.5. The summed E-state index contributed by atoms with van der Waals surface area (Å²) in [5.74, 6) is -0.269. The van der Waals surface area contributed by atoms with Crippen LogP contribution in [0.2, 0.25) is 5.02 Å². The highest BCUT2D eigenvalue weighted by Crippen LogP contribution is 2.26. The summed E-state index contributed by atoms with van der Waals surface area (Å²) in [6, 6.07) is 12.4. The van der Waals surface area contributed by atoms with Crippen LogP contribution in [0, 0.1) is 5.82 Å². The first-order valence-corrected chi connectivity index (χ1v) is 7.12. The minimum Gasteiger partial charge on any atom is -0.380 e. The van der Waals surface area contributed by atoms with E-state index >= 15 is 0 Å². The van der Waals surface area contributed by atoms with E-state index < -0.39 is 0 Å². The summed E-state index contributed by atoms with van der Waals surface area (Å²) in [4.78, 5) is 1.16. The summed E-state index contributed by atoms with van der Waals surface area (Å²) in [5.41, 5.74) is 1.79. The Hall–Kier alpha value is -1.19. The van der Waals surface area contributed by atoms with Gasteiger partial charge in [0.2, 0.25) is 0 Å². The SMILES string of the molecule is CSc1ccccc1NCc1cc(F)ccc1Cl. The van der Waals surface area contributed by atoms with Crippen molar-refractivity contribution in [2.45, 2.75) is 11.4 Å². The molecule has 0 saturated heterocycles. The number of thioether (sulfide) groups is 1. The van der Waals surface area contributed by atoms with Crippen LogP contribution in [-0.2, 0) is 6.54 Å². The molecule has 2 aromatic carbocycles. The molecule has 2 rings (SSSR count). The average molecular weight is 282 g/mol. The van der Waals surface area contributed by atoms with Crippen LogP contribution < -0.4 is 5.32 Å². The van der Waals surface area contributed by atoms with Crippen LogP contribution in [-0.4, -0.2) is 6.26 Å². The molecule has 0 saturated carbocycles. The number of para-hydroxylation sites is 1. The van der Waals surface area contributed by atoms with Gasteiger partial charge in [0, 0.05) is 22.2 Å². The van der Waals surface area contributed by atoms with Gasteiger partial charge in [-0.1, -0.05) is 23.7 Å². The molecular formula is C14H13ClFNS. The molecule has 0 fully saturated rings. The normalized spacial score (nSPS) is 10.4. The lowest BCUT2D eigenvalue weighted by atomic mass is 10.2. The predicted molar refractivity (Wildman–Crippen MR) is 77.0 cm³/mol. The van der Waals surface area contributed by atoms with Gasteiger partial charge >= 0.3 is 0 Å². The molecule has 0 aliphatic heterocycles. The Morgan fingerprint density at radius 3 is 2.78 bits per heavy atom. The van der Waals surface area contributed by atoms with Crippen molar-refractivity contribution in [1.29, 1.82) is 0 Å². The Bertz CT molecular complexity index is 545. The summed E-state index contributed by atoms with van der Waals surface area (Å²) in [5, 5.41) is 3.85. The number of halogens is 2. The summed E-state index contributed by atoms with van der Waals surface area (Å²) in [6.45, 7) is 0.508. The Morgan fingerprint density at radius 1 is 1.22 bits per heavy atom. The van der Waals surface area contributed by atoms with Crippen molar-refractivity contribution in [1.82, 2.24) is 0 Å². The maximum absolute atomic E-state index is 13.1. The van der Waals surface area contributed by atoms with E-state index in [1.165, 1.54) is 12.1 Å². The second-order valence-corrected chi connectivity index (χ2v) is 5.04. The summed E-state index contributed by atoms with van der Waals surface area (Å²) in [6.07, 6.45) is 2.02. The topological polar surface area (TPSA) is 12.0 Å². The van der Waals surface area contributed by atoms with Crippen LogP contribution in [0.4, 0.5) is 10.1 Å². The summed E-state index contributed by atoms with van der Waals surface area (Å²) < 4.78 is 13.1. The van der Waals surface area contributed by atoms with E-state index in [0.717, 1.165) is 16.1 Å². The molecule has 0 aliphatic rings. The van der Waals surface area contributed by atoms with E-state index in [2.05, 4.69) is 5.32 Å². The standard InChI is InChI=1S/C14H13ClFNS/c1-18-14-5-3-2-4-13(14)17-9-10-8-11(16)6-7-12(10)15/h2-8,17H,9H2,1H3. The van der Waals surface area contributed by atoms with E-state index in [-0.39, 0.29) is 5.82 Å². The second-order valence-electron chi connectivity index (χ2n) is 3.79. The number of rotatable bonds is 4. The van der Waals surface area contributed by atoms with Crippen molar-refractivity contribution in [3.8, 4) is 0 Å². The predicted octanol–water partition coefficient (Wildman–Crippen LogP) is 4.81. The number of hydrogen-bond donors (Lipinski definition) is 1. The number of benzene rings is 2. The minimum atomic E-state index is -0.269. The molecule has 2 aromatic rings. The lowest BCUT2D eigenvalue weighted by Crippen LogP contribution is -2.01. The van der Waals surface area contributed by atoms with Gasteiger partial charge in [0.25, 0.3) is 0 Å². The molecule has 94 valence electrons. The first kappa shape index (κ1) is 13.2. The van der Waals surface area contributed by atoms with Gasteiger partial charge in [0.15, 0.2) is 0 Å². The van der Waals surface area contributed by atoms with E-state index in [0.29, 0.717) is 11.6 Å². The monoisotopic (exact) mass is 281 g/mol. The minimum absolute atomic E-state index is 0.269. The van der Waals surface area contributed by atoms with E-state index in [1.54, 1.807) is 17.8 Å². The van der Waals surface area contributed by atoms with Crippen molar-refractivity contribution >= 4 is 29.1 Å². The zero-order chi connectivity index (χ0) is 13.0.